The van der Waals surface area contributed by atoms with Crippen LogP contribution < -0.4 is 0 Å². The van der Waals surface area contributed by atoms with Crippen molar-refractivity contribution in [2.45, 2.75) is 13.8 Å². The van der Waals surface area contributed by atoms with Gasteiger partial charge in [0.15, 0.2) is 0 Å². The summed E-state index contributed by atoms with van der Waals surface area (Å²) in [7, 11) is 0. The highest BCUT2D eigenvalue weighted by molar-refractivity contribution is 5.72. The number of hydrogen-bond acceptors (Lipinski definition) is 2. The van der Waals surface area contributed by atoms with E-state index in [1.165, 1.54) is 0 Å². The molecule has 0 heterocycles. The third-order valence-electron chi connectivity index (χ3n) is 1.40. The van der Waals surface area contributed by atoms with Crippen molar-refractivity contribution in [2.24, 2.45) is 9.98 Å². The summed E-state index contributed by atoms with van der Waals surface area (Å²) in [4.78, 5) is 8.37. The van der Waals surface area contributed by atoms with Crippen molar-refractivity contribution < 1.29 is 0 Å². The van der Waals surface area contributed by atoms with Gasteiger partial charge in [0, 0.05) is 12.4 Å². The van der Waals surface area contributed by atoms with E-state index >= 15 is 0 Å². The molecule has 14 heavy (non-hydrogen) atoms. The summed E-state index contributed by atoms with van der Waals surface area (Å²) in [6.07, 6.45) is 10.4. The molecular weight excluding hydrogens is 172 g/mol. The monoisotopic (exact) mass is 188 g/mol. The van der Waals surface area contributed by atoms with Crippen LogP contribution in [0.15, 0.2) is 58.8 Å². The van der Waals surface area contributed by atoms with Gasteiger partial charge in [0.1, 0.15) is 0 Å². The number of allylic oxidation sites excluding steroid dienone is 4. The van der Waals surface area contributed by atoms with E-state index in [4.69, 9.17) is 0 Å². The van der Waals surface area contributed by atoms with Crippen LogP contribution in [-0.2, 0) is 0 Å². The smallest absolute Gasteiger partial charge is 0.0878 e. The lowest BCUT2D eigenvalue weighted by molar-refractivity contribution is 1.24. The third kappa shape index (κ3) is 4.36. The minimum absolute atomic E-state index is 0.795. The van der Waals surface area contributed by atoms with Crippen LogP contribution in [0.25, 0.3) is 0 Å². The molecule has 0 saturated carbocycles. The van der Waals surface area contributed by atoms with E-state index in [1.807, 2.05) is 26.0 Å². The summed E-state index contributed by atoms with van der Waals surface area (Å²) in [6.45, 7) is 11.0. The largest absolute Gasteiger partial charge is 0.259 e. The van der Waals surface area contributed by atoms with Gasteiger partial charge in [-0.1, -0.05) is 31.4 Å². The molecule has 0 atom stereocenters. The molecule has 0 bridgehead atoms. The maximum atomic E-state index is 4.19. The van der Waals surface area contributed by atoms with Crippen LogP contribution >= 0.6 is 0 Å². The van der Waals surface area contributed by atoms with Crippen molar-refractivity contribution in [1.29, 1.82) is 0 Å². The summed E-state index contributed by atoms with van der Waals surface area (Å²) in [5.74, 6) is 0. The van der Waals surface area contributed by atoms with Gasteiger partial charge in [-0.2, -0.15) is 0 Å². The van der Waals surface area contributed by atoms with Crippen molar-refractivity contribution in [3.05, 3.63) is 48.9 Å². The second-order valence-corrected chi connectivity index (χ2v) is 2.36. The van der Waals surface area contributed by atoms with Gasteiger partial charge in [-0.15, -0.1) is 0 Å². The van der Waals surface area contributed by atoms with Gasteiger partial charge < -0.3 is 0 Å². The Kier molecular flexibility index (Phi) is 6.96. The van der Waals surface area contributed by atoms with Gasteiger partial charge >= 0.3 is 0 Å². The fourth-order valence-electron chi connectivity index (χ4n) is 0.867. The number of hydrogen-bond donors (Lipinski definition) is 0. The Morgan fingerprint density at radius 2 is 1.71 bits per heavy atom. The topological polar surface area (TPSA) is 24.7 Å². The molecule has 0 spiro atoms. The highest BCUT2D eigenvalue weighted by atomic mass is 14.8. The molecule has 0 saturated heterocycles. The van der Waals surface area contributed by atoms with E-state index in [2.05, 4.69) is 23.1 Å². The molecule has 0 aromatic carbocycles. The Labute approximate surface area is 85.8 Å². The first-order valence-corrected chi connectivity index (χ1v) is 4.43. The second-order valence-electron chi connectivity index (χ2n) is 2.36. The molecule has 0 aliphatic carbocycles. The van der Waals surface area contributed by atoms with E-state index in [1.54, 1.807) is 24.6 Å². The fraction of sp³-hybridized carbons (Fsp3) is 0.167. The van der Waals surface area contributed by atoms with E-state index in [0.29, 0.717) is 0 Å². The third-order valence-corrected chi connectivity index (χ3v) is 1.40. The van der Waals surface area contributed by atoms with Gasteiger partial charge in [-0.25, -0.2) is 0 Å². The van der Waals surface area contributed by atoms with Crippen LogP contribution in [0.5, 0.6) is 0 Å². The van der Waals surface area contributed by atoms with Crippen LogP contribution in [0.3, 0.4) is 0 Å². The molecule has 0 unspecified atom stereocenters. The molecule has 0 rings (SSSR count). The number of aliphatic imine (C=N–C) groups is 2. The maximum absolute atomic E-state index is 4.19. The quantitative estimate of drug-likeness (QED) is 0.467. The molecule has 0 aliphatic heterocycles. The highest BCUT2D eigenvalue weighted by Crippen LogP contribution is 2.12. The number of nitrogens with zero attached hydrogens (tertiary/aromatic N) is 2. The summed E-state index contributed by atoms with van der Waals surface area (Å²) in [5, 5.41) is 0. The minimum Gasteiger partial charge on any atom is -0.259 e. The predicted molar refractivity (Wildman–Crippen MR) is 64.9 cm³/mol. The lowest BCUT2D eigenvalue weighted by atomic mass is 10.3. The lowest BCUT2D eigenvalue weighted by Crippen LogP contribution is -1.84. The zero-order valence-electron chi connectivity index (χ0n) is 8.77. The Balaban J connectivity index is 4.96. The Bertz CT molecular complexity index is 304. The molecule has 0 radical (unpaired) electrons. The molecule has 0 fully saturated rings. The van der Waals surface area contributed by atoms with Gasteiger partial charge in [0.05, 0.1) is 11.4 Å². The zero-order chi connectivity index (χ0) is 10.8. The second kappa shape index (κ2) is 7.92. The van der Waals surface area contributed by atoms with Crippen LogP contribution in [0, 0.1) is 0 Å². The lowest BCUT2D eigenvalue weighted by Gasteiger charge is -1.99. The fourth-order valence-corrected chi connectivity index (χ4v) is 0.867. The van der Waals surface area contributed by atoms with Crippen molar-refractivity contribution in [3.8, 4) is 0 Å². The molecule has 0 aromatic heterocycles. The highest BCUT2D eigenvalue weighted by Gasteiger charge is 1.97. The molecular formula is C12H16N2. The standard InChI is InChI=1S/C12H16N2/c1-5-9-12(13-8-4)11(7-3)14-10-6-2/h5-10H,1-2H2,3-4H3/b11-7-,12-9-,13-8?,14-10?. The van der Waals surface area contributed by atoms with Gasteiger partial charge in [0.2, 0.25) is 0 Å². The maximum Gasteiger partial charge on any atom is 0.0878 e. The molecule has 0 amide bonds. The molecule has 74 valence electrons. The first-order valence-electron chi connectivity index (χ1n) is 4.43. The van der Waals surface area contributed by atoms with Crippen molar-refractivity contribution in [2.75, 3.05) is 0 Å². The first kappa shape index (κ1) is 12.3. The Morgan fingerprint density at radius 3 is 2.14 bits per heavy atom. The summed E-state index contributed by atoms with van der Waals surface area (Å²) in [5.41, 5.74) is 1.60. The Hall–Kier alpha value is -1.70. The first-order chi connectivity index (χ1) is 6.79. The molecule has 2 nitrogen and oxygen atoms in total. The van der Waals surface area contributed by atoms with Crippen molar-refractivity contribution >= 4 is 12.4 Å². The van der Waals surface area contributed by atoms with Crippen LogP contribution in [0.1, 0.15) is 13.8 Å². The minimum atomic E-state index is 0.795. The van der Waals surface area contributed by atoms with Gasteiger partial charge in [-0.3, -0.25) is 9.98 Å². The normalized spacial score (nSPS) is 13.9. The average molecular weight is 188 g/mol. The molecule has 0 N–H and O–H groups in total. The number of rotatable bonds is 5. The summed E-state index contributed by atoms with van der Waals surface area (Å²) < 4.78 is 0. The Morgan fingerprint density at radius 1 is 1.00 bits per heavy atom. The van der Waals surface area contributed by atoms with Gasteiger partial charge in [0.25, 0.3) is 0 Å². The molecule has 0 aliphatic rings. The molecule has 2 heteroatoms. The van der Waals surface area contributed by atoms with Crippen LogP contribution in [-0.4, -0.2) is 12.4 Å². The zero-order valence-corrected chi connectivity index (χ0v) is 8.77. The van der Waals surface area contributed by atoms with E-state index < -0.39 is 0 Å². The van der Waals surface area contributed by atoms with E-state index in [-0.39, 0.29) is 0 Å². The van der Waals surface area contributed by atoms with Crippen LogP contribution in [0.4, 0.5) is 0 Å². The SMILES string of the molecule is C=CC=NC(=C\C)/C(=C/C=C)N=CC. The van der Waals surface area contributed by atoms with E-state index in [0.717, 1.165) is 11.4 Å². The summed E-state index contributed by atoms with van der Waals surface area (Å²) >= 11 is 0. The van der Waals surface area contributed by atoms with E-state index in [9.17, 15) is 0 Å². The predicted octanol–water partition coefficient (Wildman–Crippen LogP) is 3.31. The average Bonchev–Trinajstić information content (AvgIpc) is 2.19. The van der Waals surface area contributed by atoms with Gasteiger partial charge in [-0.05, 0) is 19.9 Å². The van der Waals surface area contributed by atoms with Crippen LogP contribution in [0.2, 0.25) is 0 Å². The molecule has 0 aromatic rings. The van der Waals surface area contributed by atoms with Crippen molar-refractivity contribution in [1.82, 2.24) is 0 Å². The summed E-state index contributed by atoms with van der Waals surface area (Å²) in [6, 6.07) is 0. The van der Waals surface area contributed by atoms with Crippen molar-refractivity contribution in [3.63, 3.8) is 0 Å².